The number of hydrogen-bond acceptors (Lipinski definition) is 8. The standard InChI is InChI=1S/C22H32N2O8/c1-23(18(26)12-13-25)32-21(29)5-3-2-4-14-31-22(30)17-8-6-16(7-9-17)15-24-19(27)10-11-20(24)28/h10-11,16-17,25H,2-9,12-15H2,1H3. The van der Waals surface area contributed by atoms with Gasteiger partial charge in [-0.1, -0.05) is 0 Å². The zero-order valence-electron chi connectivity index (χ0n) is 18.5. The molecule has 0 atom stereocenters. The summed E-state index contributed by atoms with van der Waals surface area (Å²) in [6.45, 7) is 0.380. The van der Waals surface area contributed by atoms with Crippen molar-refractivity contribution < 1.29 is 38.7 Å². The molecule has 0 bridgehead atoms. The summed E-state index contributed by atoms with van der Waals surface area (Å²) >= 11 is 0. The summed E-state index contributed by atoms with van der Waals surface area (Å²) in [5.41, 5.74) is 0. The van der Waals surface area contributed by atoms with Gasteiger partial charge < -0.3 is 14.7 Å². The van der Waals surface area contributed by atoms with Crippen LogP contribution in [-0.2, 0) is 33.5 Å². The first kappa shape index (κ1) is 25.5. The third kappa shape index (κ3) is 8.07. The van der Waals surface area contributed by atoms with Gasteiger partial charge in [-0.2, -0.15) is 5.06 Å². The first-order valence-electron chi connectivity index (χ1n) is 11.1. The maximum Gasteiger partial charge on any atom is 0.332 e. The number of ether oxygens (including phenoxy) is 1. The highest BCUT2D eigenvalue weighted by molar-refractivity contribution is 6.12. The van der Waals surface area contributed by atoms with E-state index >= 15 is 0 Å². The predicted octanol–water partition coefficient (Wildman–Crippen LogP) is 1.12. The van der Waals surface area contributed by atoms with Crippen LogP contribution in [0.25, 0.3) is 0 Å². The maximum absolute atomic E-state index is 12.3. The van der Waals surface area contributed by atoms with Crippen molar-refractivity contribution >= 4 is 29.7 Å². The third-order valence-electron chi connectivity index (χ3n) is 5.71. The molecule has 1 aliphatic carbocycles. The molecule has 10 nitrogen and oxygen atoms in total. The van der Waals surface area contributed by atoms with Gasteiger partial charge in [0, 0.05) is 32.2 Å². The number of imide groups is 1. The summed E-state index contributed by atoms with van der Waals surface area (Å²) in [6, 6.07) is 0. The molecule has 0 saturated heterocycles. The fourth-order valence-electron chi connectivity index (χ4n) is 3.79. The van der Waals surface area contributed by atoms with Crippen LogP contribution in [-0.4, -0.2) is 71.5 Å². The van der Waals surface area contributed by atoms with Gasteiger partial charge in [0.15, 0.2) is 0 Å². The van der Waals surface area contributed by atoms with E-state index in [1.807, 2.05) is 0 Å². The van der Waals surface area contributed by atoms with Crippen LogP contribution in [0.5, 0.6) is 0 Å². The number of carbonyl (C=O) groups is 5. The number of hydroxylamine groups is 2. The lowest BCUT2D eigenvalue weighted by molar-refractivity contribution is -0.193. The molecule has 1 heterocycles. The topological polar surface area (TPSA) is 131 Å². The number of aliphatic hydroxyl groups excluding tert-OH is 1. The molecule has 0 aromatic rings. The van der Waals surface area contributed by atoms with Crippen LogP contribution in [0.4, 0.5) is 0 Å². The van der Waals surface area contributed by atoms with Gasteiger partial charge in [-0.05, 0) is 50.9 Å². The number of amides is 3. The minimum Gasteiger partial charge on any atom is -0.465 e. The number of esters is 1. The number of unbranched alkanes of at least 4 members (excludes halogenated alkanes) is 2. The lowest BCUT2D eigenvalue weighted by atomic mass is 9.82. The monoisotopic (exact) mass is 452 g/mol. The van der Waals surface area contributed by atoms with Crippen LogP contribution >= 0.6 is 0 Å². The number of hydrogen-bond donors (Lipinski definition) is 1. The molecule has 1 fully saturated rings. The largest absolute Gasteiger partial charge is 0.465 e. The van der Waals surface area contributed by atoms with Crippen LogP contribution in [0, 0.1) is 11.8 Å². The van der Waals surface area contributed by atoms with Gasteiger partial charge in [0.25, 0.3) is 17.7 Å². The van der Waals surface area contributed by atoms with Gasteiger partial charge in [-0.3, -0.25) is 24.1 Å². The van der Waals surface area contributed by atoms with E-state index in [4.69, 9.17) is 14.7 Å². The van der Waals surface area contributed by atoms with Gasteiger partial charge >= 0.3 is 11.9 Å². The van der Waals surface area contributed by atoms with Gasteiger partial charge in [-0.15, -0.1) is 0 Å². The zero-order chi connectivity index (χ0) is 23.5. The molecule has 32 heavy (non-hydrogen) atoms. The van der Waals surface area contributed by atoms with Gasteiger partial charge in [0.1, 0.15) is 0 Å². The van der Waals surface area contributed by atoms with Gasteiger partial charge in [-0.25, -0.2) is 4.79 Å². The Morgan fingerprint density at radius 1 is 1.03 bits per heavy atom. The molecule has 0 spiro atoms. The second kappa shape index (κ2) is 12.9. The summed E-state index contributed by atoms with van der Waals surface area (Å²) in [7, 11) is 1.32. The van der Waals surface area contributed by atoms with Crippen molar-refractivity contribution in [2.24, 2.45) is 11.8 Å². The molecule has 0 unspecified atom stereocenters. The average molecular weight is 453 g/mol. The number of nitrogens with zero attached hydrogens (tertiary/aromatic N) is 2. The zero-order valence-corrected chi connectivity index (χ0v) is 18.5. The Bertz CT molecular complexity index is 709. The SMILES string of the molecule is CN(OC(=O)CCCCCOC(=O)C1CCC(CN2C(=O)C=CC2=O)CC1)C(=O)CCO. The Labute approximate surface area is 187 Å². The summed E-state index contributed by atoms with van der Waals surface area (Å²) < 4.78 is 5.35. The van der Waals surface area contributed by atoms with Crippen LogP contribution in [0.2, 0.25) is 0 Å². The molecule has 178 valence electrons. The van der Waals surface area contributed by atoms with E-state index in [2.05, 4.69) is 0 Å². The molecule has 2 rings (SSSR count). The molecule has 1 N–H and O–H groups in total. The molecule has 3 amide bonds. The van der Waals surface area contributed by atoms with Crippen molar-refractivity contribution in [2.75, 3.05) is 26.8 Å². The normalized spacial score (nSPS) is 20.4. The first-order chi connectivity index (χ1) is 15.3. The van der Waals surface area contributed by atoms with Crippen molar-refractivity contribution in [1.82, 2.24) is 9.96 Å². The Morgan fingerprint density at radius 3 is 2.31 bits per heavy atom. The van der Waals surface area contributed by atoms with E-state index in [0.29, 0.717) is 38.6 Å². The van der Waals surface area contributed by atoms with E-state index in [1.54, 1.807) is 0 Å². The molecule has 0 radical (unpaired) electrons. The number of aliphatic hydroxyl groups is 1. The van der Waals surface area contributed by atoms with Crippen LogP contribution < -0.4 is 0 Å². The summed E-state index contributed by atoms with van der Waals surface area (Å²) in [5.74, 6) is -1.71. The van der Waals surface area contributed by atoms with Crippen molar-refractivity contribution in [2.45, 2.75) is 57.8 Å². The Balaban J connectivity index is 1.52. The van der Waals surface area contributed by atoms with E-state index < -0.39 is 11.9 Å². The second-order valence-corrected chi connectivity index (χ2v) is 8.14. The molecule has 0 aromatic heterocycles. The van der Waals surface area contributed by atoms with Crippen LogP contribution in [0.1, 0.15) is 57.8 Å². The minimum atomic E-state index is -0.527. The quantitative estimate of drug-likeness (QED) is 0.214. The molecule has 10 heteroatoms. The Morgan fingerprint density at radius 2 is 1.69 bits per heavy atom. The smallest absolute Gasteiger partial charge is 0.332 e. The highest BCUT2D eigenvalue weighted by Crippen LogP contribution is 2.30. The predicted molar refractivity (Wildman–Crippen MR) is 111 cm³/mol. The molecule has 0 aromatic carbocycles. The number of carbonyl (C=O) groups excluding carboxylic acids is 5. The summed E-state index contributed by atoms with van der Waals surface area (Å²) in [6.07, 6.45) is 7.37. The maximum atomic E-state index is 12.3. The van der Waals surface area contributed by atoms with E-state index in [0.717, 1.165) is 17.9 Å². The van der Waals surface area contributed by atoms with Crippen LogP contribution in [0.15, 0.2) is 12.2 Å². The van der Waals surface area contributed by atoms with Crippen molar-refractivity contribution in [3.63, 3.8) is 0 Å². The lowest BCUT2D eigenvalue weighted by Gasteiger charge is -2.29. The van der Waals surface area contributed by atoms with Gasteiger partial charge in [0.2, 0.25) is 0 Å². The van der Waals surface area contributed by atoms with Crippen molar-refractivity contribution in [3.05, 3.63) is 12.2 Å². The Hall–Kier alpha value is -2.75. The Kier molecular flexibility index (Phi) is 10.3. The van der Waals surface area contributed by atoms with E-state index in [9.17, 15) is 24.0 Å². The second-order valence-electron chi connectivity index (χ2n) is 8.14. The van der Waals surface area contributed by atoms with Gasteiger partial charge in [0.05, 0.1) is 25.6 Å². The fourth-order valence-corrected chi connectivity index (χ4v) is 3.79. The highest BCUT2D eigenvalue weighted by atomic mass is 16.7. The average Bonchev–Trinajstić information content (AvgIpc) is 3.08. The lowest BCUT2D eigenvalue weighted by Crippen LogP contribution is -2.36. The highest BCUT2D eigenvalue weighted by Gasteiger charge is 2.31. The van der Waals surface area contributed by atoms with E-state index in [1.165, 1.54) is 24.1 Å². The van der Waals surface area contributed by atoms with Crippen molar-refractivity contribution in [3.8, 4) is 0 Å². The third-order valence-corrected chi connectivity index (χ3v) is 5.71. The number of rotatable bonds is 11. The minimum absolute atomic E-state index is 0.105. The molecule has 2 aliphatic rings. The van der Waals surface area contributed by atoms with Crippen molar-refractivity contribution in [1.29, 1.82) is 0 Å². The molecular formula is C22H32N2O8. The fraction of sp³-hybridized carbons (Fsp3) is 0.682. The van der Waals surface area contributed by atoms with Crippen LogP contribution in [0.3, 0.4) is 0 Å². The molecule has 1 aliphatic heterocycles. The summed E-state index contributed by atoms with van der Waals surface area (Å²) in [4.78, 5) is 64.8. The first-order valence-corrected chi connectivity index (χ1v) is 11.1. The molecular weight excluding hydrogens is 420 g/mol. The van der Waals surface area contributed by atoms with E-state index in [-0.39, 0.29) is 55.7 Å². The molecule has 1 saturated carbocycles. The summed E-state index contributed by atoms with van der Waals surface area (Å²) in [5, 5.41) is 9.52.